The van der Waals surface area contributed by atoms with E-state index in [9.17, 15) is 9.59 Å². The van der Waals surface area contributed by atoms with Crippen molar-refractivity contribution < 1.29 is 9.59 Å². The number of hydrogen-bond donors (Lipinski definition) is 1. The van der Waals surface area contributed by atoms with E-state index < -0.39 is 0 Å². The summed E-state index contributed by atoms with van der Waals surface area (Å²) in [4.78, 5) is 28.4. The zero-order chi connectivity index (χ0) is 28.0. The second kappa shape index (κ2) is 12.3. The quantitative estimate of drug-likeness (QED) is 0.240. The maximum atomic E-state index is 13.5. The SMILES string of the molecule is CCCCN(CC(=O)Nc1cc(C(C)(C)C)nn1-c1ccccc1Cl)C(=O)c1ccc(-c2ccccc2)cc1. The molecule has 1 heterocycles. The van der Waals surface area contributed by atoms with E-state index in [-0.39, 0.29) is 23.8 Å². The van der Waals surface area contributed by atoms with E-state index in [1.165, 1.54) is 0 Å². The van der Waals surface area contributed by atoms with Gasteiger partial charge in [0.2, 0.25) is 5.91 Å². The molecule has 0 spiro atoms. The van der Waals surface area contributed by atoms with Crippen molar-refractivity contribution in [1.29, 1.82) is 0 Å². The molecule has 4 aromatic rings. The van der Waals surface area contributed by atoms with Crippen LogP contribution in [0.15, 0.2) is 84.9 Å². The van der Waals surface area contributed by atoms with Crippen LogP contribution in [-0.2, 0) is 10.2 Å². The Kier molecular flexibility index (Phi) is 8.87. The van der Waals surface area contributed by atoms with E-state index in [0.29, 0.717) is 28.6 Å². The van der Waals surface area contributed by atoms with Gasteiger partial charge >= 0.3 is 0 Å². The number of anilines is 1. The number of benzene rings is 3. The molecule has 3 aromatic carbocycles. The minimum Gasteiger partial charge on any atom is -0.329 e. The lowest BCUT2D eigenvalue weighted by molar-refractivity contribution is -0.117. The van der Waals surface area contributed by atoms with Gasteiger partial charge in [0.25, 0.3) is 5.91 Å². The number of nitrogens with one attached hydrogen (secondary N) is 1. The van der Waals surface area contributed by atoms with E-state index in [0.717, 1.165) is 29.7 Å². The van der Waals surface area contributed by atoms with Crippen LogP contribution in [0.25, 0.3) is 16.8 Å². The summed E-state index contributed by atoms with van der Waals surface area (Å²) in [5.74, 6) is 0.0374. The molecule has 0 aliphatic heterocycles. The molecule has 0 saturated carbocycles. The molecular weight excluding hydrogens is 508 g/mol. The van der Waals surface area contributed by atoms with Gasteiger partial charge in [-0.25, -0.2) is 4.68 Å². The van der Waals surface area contributed by atoms with Crippen molar-refractivity contribution in [3.63, 3.8) is 0 Å². The maximum absolute atomic E-state index is 13.5. The topological polar surface area (TPSA) is 67.2 Å². The number of nitrogens with zero attached hydrogens (tertiary/aromatic N) is 3. The Bertz CT molecular complexity index is 1420. The Balaban J connectivity index is 1.55. The van der Waals surface area contributed by atoms with E-state index in [1.807, 2.05) is 78.9 Å². The number of carbonyl (C=O) groups excluding carboxylic acids is 2. The average Bonchev–Trinajstić information content (AvgIpc) is 3.35. The highest BCUT2D eigenvalue weighted by Gasteiger charge is 2.24. The van der Waals surface area contributed by atoms with Crippen molar-refractivity contribution in [2.24, 2.45) is 0 Å². The molecule has 4 rings (SSSR count). The van der Waals surface area contributed by atoms with Gasteiger partial charge in [-0.05, 0) is 41.8 Å². The first kappa shape index (κ1) is 28.1. The van der Waals surface area contributed by atoms with Crippen LogP contribution in [0.3, 0.4) is 0 Å². The number of unbranched alkanes of at least 4 members (excludes halogenated alkanes) is 1. The summed E-state index contributed by atoms with van der Waals surface area (Å²) in [6.45, 7) is 8.66. The van der Waals surface area contributed by atoms with Crippen molar-refractivity contribution >= 4 is 29.2 Å². The number of aromatic nitrogens is 2. The lowest BCUT2D eigenvalue weighted by atomic mass is 9.92. The molecule has 7 heteroatoms. The fraction of sp³-hybridized carbons (Fsp3) is 0.281. The van der Waals surface area contributed by atoms with Gasteiger partial charge in [-0.15, -0.1) is 0 Å². The van der Waals surface area contributed by atoms with Crippen LogP contribution >= 0.6 is 11.6 Å². The molecule has 0 saturated heterocycles. The molecule has 0 fully saturated rings. The van der Waals surface area contributed by atoms with Gasteiger partial charge in [-0.1, -0.05) is 100 Å². The first-order chi connectivity index (χ1) is 18.7. The summed E-state index contributed by atoms with van der Waals surface area (Å²) in [6, 6.07) is 26.8. The third kappa shape index (κ3) is 6.95. The second-order valence-electron chi connectivity index (χ2n) is 10.6. The fourth-order valence-corrected chi connectivity index (χ4v) is 4.44. The van der Waals surface area contributed by atoms with Crippen molar-refractivity contribution in [3.05, 3.63) is 101 Å². The zero-order valence-corrected chi connectivity index (χ0v) is 23.7. The summed E-state index contributed by atoms with van der Waals surface area (Å²) in [5, 5.41) is 8.25. The van der Waals surface area contributed by atoms with Gasteiger partial charge in [0, 0.05) is 23.6 Å². The predicted octanol–water partition coefficient (Wildman–Crippen LogP) is 7.37. The summed E-state index contributed by atoms with van der Waals surface area (Å²) < 4.78 is 1.65. The van der Waals surface area contributed by atoms with Gasteiger partial charge < -0.3 is 10.2 Å². The van der Waals surface area contributed by atoms with Crippen LogP contribution < -0.4 is 5.32 Å². The van der Waals surface area contributed by atoms with Gasteiger partial charge in [-0.2, -0.15) is 5.10 Å². The minimum atomic E-state index is -0.297. The lowest BCUT2D eigenvalue weighted by Gasteiger charge is -2.22. The van der Waals surface area contributed by atoms with E-state index in [1.54, 1.807) is 15.6 Å². The smallest absolute Gasteiger partial charge is 0.254 e. The zero-order valence-electron chi connectivity index (χ0n) is 22.9. The van der Waals surface area contributed by atoms with Crippen LogP contribution in [0.4, 0.5) is 5.82 Å². The van der Waals surface area contributed by atoms with Crippen LogP contribution in [0.2, 0.25) is 5.02 Å². The lowest BCUT2D eigenvalue weighted by Crippen LogP contribution is -2.39. The van der Waals surface area contributed by atoms with Crippen molar-refractivity contribution in [3.8, 4) is 16.8 Å². The molecule has 202 valence electrons. The van der Waals surface area contributed by atoms with Gasteiger partial charge in [0.1, 0.15) is 12.4 Å². The fourth-order valence-electron chi connectivity index (χ4n) is 4.22. The van der Waals surface area contributed by atoms with E-state index >= 15 is 0 Å². The first-order valence-electron chi connectivity index (χ1n) is 13.3. The molecule has 0 unspecified atom stereocenters. The molecule has 0 aliphatic carbocycles. The molecule has 2 amide bonds. The predicted molar refractivity (Wildman–Crippen MR) is 159 cm³/mol. The average molecular weight is 543 g/mol. The van der Waals surface area contributed by atoms with E-state index in [4.69, 9.17) is 16.7 Å². The van der Waals surface area contributed by atoms with Crippen molar-refractivity contribution in [1.82, 2.24) is 14.7 Å². The highest BCUT2D eigenvalue weighted by Crippen LogP contribution is 2.29. The normalized spacial score (nSPS) is 11.3. The number of amides is 2. The summed E-state index contributed by atoms with van der Waals surface area (Å²) in [6.07, 6.45) is 1.71. The molecule has 1 aromatic heterocycles. The summed E-state index contributed by atoms with van der Waals surface area (Å²) in [5.41, 5.74) is 3.92. The van der Waals surface area contributed by atoms with Crippen LogP contribution in [-0.4, -0.2) is 39.6 Å². The largest absolute Gasteiger partial charge is 0.329 e. The van der Waals surface area contributed by atoms with Gasteiger partial charge in [-0.3, -0.25) is 9.59 Å². The summed E-state index contributed by atoms with van der Waals surface area (Å²) >= 11 is 6.47. The van der Waals surface area contributed by atoms with E-state index in [2.05, 4.69) is 33.0 Å². The van der Waals surface area contributed by atoms with Crippen LogP contribution in [0.1, 0.15) is 56.6 Å². The molecule has 6 nitrogen and oxygen atoms in total. The van der Waals surface area contributed by atoms with Crippen LogP contribution in [0, 0.1) is 0 Å². The molecule has 0 bridgehead atoms. The Morgan fingerprint density at radius 1 is 0.923 bits per heavy atom. The number of rotatable bonds is 9. The van der Waals surface area contributed by atoms with Gasteiger partial charge in [0.05, 0.1) is 16.4 Å². The van der Waals surface area contributed by atoms with Crippen molar-refractivity contribution in [2.75, 3.05) is 18.4 Å². The highest BCUT2D eigenvalue weighted by molar-refractivity contribution is 6.32. The third-order valence-electron chi connectivity index (χ3n) is 6.47. The maximum Gasteiger partial charge on any atom is 0.254 e. The number of halogens is 1. The number of hydrogen-bond acceptors (Lipinski definition) is 3. The first-order valence-corrected chi connectivity index (χ1v) is 13.6. The monoisotopic (exact) mass is 542 g/mol. The molecule has 0 aliphatic rings. The Labute approximate surface area is 235 Å². The third-order valence-corrected chi connectivity index (χ3v) is 6.79. The minimum absolute atomic E-state index is 0.0716. The molecule has 39 heavy (non-hydrogen) atoms. The molecule has 0 radical (unpaired) electrons. The summed E-state index contributed by atoms with van der Waals surface area (Å²) in [7, 11) is 0. The Morgan fingerprint density at radius 3 is 2.21 bits per heavy atom. The highest BCUT2D eigenvalue weighted by atomic mass is 35.5. The molecule has 1 N–H and O–H groups in total. The Morgan fingerprint density at radius 2 is 1.56 bits per heavy atom. The standard InChI is InChI=1S/C32H35ClN4O2/c1-5-6-20-36(31(39)25-18-16-24(17-19-25)23-12-8-7-9-13-23)22-30(38)34-29-21-28(32(2,3)4)35-37(29)27-15-11-10-14-26(27)33/h7-19,21H,5-6,20,22H2,1-4H3,(H,34,38). The second-order valence-corrected chi connectivity index (χ2v) is 11.0. The molecular formula is C32H35ClN4O2. The van der Waals surface area contributed by atoms with Crippen LogP contribution in [0.5, 0.6) is 0 Å². The number of carbonyl (C=O) groups is 2. The number of para-hydroxylation sites is 1. The Hall–Kier alpha value is -3.90. The van der Waals surface area contributed by atoms with Gasteiger partial charge in [0.15, 0.2) is 0 Å². The molecule has 0 atom stereocenters. The van der Waals surface area contributed by atoms with Crippen molar-refractivity contribution in [2.45, 2.75) is 46.0 Å².